The number of nitrogens with zero attached hydrogens (tertiary/aromatic N) is 1. The fourth-order valence-corrected chi connectivity index (χ4v) is 6.44. The van der Waals surface area contributed by atoms with Crippen molar-refractivity contribution in [3.8, 4) is 5.75 Å². The summed E-state index contributed by atoms with van der Waals surface area (Å²) in [6.07, 6.45) is 21.9. The summed E-state index contributed by atoms with van der Waals surface area (Å²) in [5, 5.41) is 22.4. The predicted octanol–water partition coefficient (Wildman–Crippen LogP) is 8.37. The number of nitrogens with two attached hydrogens (primary N) is 1. The third kappa shape index (κ3) is 10.2. The number of allylic oxidation sites excluding steroid dienone is 10. The van der Waals surface area contributed by atoms with Gasteiger partial charge >= 0.3 is 0 Å². The number of carbonyl (C=O) groups excluding carboxylic acids is 2. The first kappa shape index (κ1) is 40.4. The molecule has 0 saturated heterocycles. The van der Waals surface area contributed by atoms with E-state index < -0.39 is 29.7 Å². The number of Topliss-reactive ketones (excluding diaryl/α,β-unsaturated/α-hetero) is 1. The summed E-state index contributed by atoms with van der Waals surface area (Å²) >= 11 is 0. The van der Waals surface area contributed by atoms with Gasteiger partial charge in [0.25, 0.3) is 0 Å². The summed E-state index contributed by atoms with van der Waals surface area (Å²) in [5.41, 5.74) is 10.7. The minimum Gasteiger partial charge on any atom is -0.479 e. The predicted molar refractivity (Wildman–Crippen MR) is 217 cm³/mol. The number of unbranched alkanes of at least 4 members (excludes halogenated alkanes) is 1. The number of hydrogen-bond donors (Lipinski definition) is 5. The number of anilines is 1. The maximum Gasteiger partial charge on any atom is 0.236 e. The molecule has 0 radical (unpaired) electrons. The van der Waals surface area contributed by atoms with Crippen LogP contribution in [0, 0.1) is 34.3 Å². The molecule has 1 amide bonds. The summed E-state index contributed by atoms with van der Waals surface area (Å²) < 4.78 is 36.5. The third-order valence-electron chi connectivity index (χ3n) is 9.76. The third-order valence-corrected chi connectivity index (χ3v) is 9.76. The number of fused-ring (bicyclic) bond motifs is 1. The lowest BCUT2D eigenvalue weighted by atomic mass is 9.86. The Kier molecular flexibility index (Phi) is 13.9. The van der Waals surface area contributed by atoms with E-state index in [0.29, 0.717) is 53.9 Å². The zero-order valence-electron chi connectivity index (χ0n) is 31.2. The summed E-state index contributed by atoms with van der Waals surface area (Å²) in [6.45, 7) is 7.52. The molecule has 1 unspecified atom stereocenters. The highest BCUT2D eigenvalue weighted by molar-refractivity contribution is 6.15. The molecular weight excluding hydrogens is 699 g/mol. The van der Waals surface area contributed by atoms with Crippen LogP contribution >= 0.6 is 0 Å². The lowest BCUT2D eigenvalue weighted by Gasteiger charge is -2.22. The van der Waals surface area contributed by atoms with Crippen LogP contribution in [0.3, 0.4) is 0 Å². The molecule has 9 nitrogen and oxygen atoms in total. The Hall–Kier alpha value is -5.81. The molecule has 3 aliphatic rings. The zero-order chi connectivity index (χ0) is 39.5. The number of aryl methyl sites for hydroxylation is 1. The number of ether oxygens (including phenoxy) is 1. The normalized spacial score (nSPS) is 17.0. The molecule has 5 rings (SSSR count). The van der Waals surface area contributed by atoms with E-state index in [0.717, 1.165) is 17.7 Å². The summed E-state index contributed by atoms with van der Waals surface area (Å²) in [4.78, 5) is 30.5. The van der Waals surface area contributed by atoms with Crippen molar-refractivity contribution in [2.24, 2.45) is 22.6 Å². The van der Waals surface area contributed by atoms with E-state index in [-0.39, 0.29) is 47.6 Å². The van der Waals surface area contributed by atoms with Crippen molar-refractivity contribution in [3.63, 3.8) is 0 Å². The molecule has 11 heteroatoms. The number of rotatable bonds is 19. The number of amides is 1. The van der Waals surface area contributed by atoms with E-state index in [1.54, 1.807) is 49.6 Å². The van der Waals surface area contributed by atoms with Gasteiger partial charge in [0.15, 0.2) is 17.3 Å². The van der Waals surface area contributed by atoms with Crippen LogP contribution in [0.1, 0.15) is 67.4 Å². The summed E-state index contributed by atoms with van der Waals surface area (Å²) in [7, 11) is 0. The van der Waals surface area contributed by atoms with E-state index in [2.05, 4.69) is 22.2 Å². The Morgan fingerprint density at radius 3 is 2.53 bits per heavy atom. The van der Waals surface area contributed by atoms with Gasteiger partial charge in [-0.3, -0.25) is 14.6 Å². The Morgan fingerprint density at radius 2 is 1.80 bits per heavy atom. The minimum absolute atomic E-state index is 0.0859. The zero-order valence-corrected chi connectivity index (χ0v) is 31.2. The highest BCUT2D eigenvalue weighted by atomic mass is 19.2. The average molecular weight is 747 g/mol. The number of ketones is 1. The molecule has 0 fully saturated rings. The second-order valence-corrected chi connectivity index (χ2v) is 13.7. The van der Waals surface area contributed by atoms with E-state index in [9.17, 15) is 9.59 Å². The topological polar surface area (TPSA) is 154 Å². The summed E-state index contributed by atoms with van der Waals surface area (Å²) in [5.74, 6) is -3.51. The molecule has 3 atom stereocenters. The molecule has 2 aromatic carbocycles. The molecule has 55 heavy (non-hydrogen) atoms. The molecular formula is C44H48F2N6O3. The fraction of sp³-hybridized carbons (Fsp3) is 0.295. The van der Waals surface area contributed by atoms with Gasteiger partial charge in [0.2, 0.25) is 11.7 Å². The first-order chi connectivity index (χ1) is 26.5. The first-order valence-corrected chi connectivity index (χ1v) is 18.6. The second-order valence-electron chi connectivity index (χ2n) is 13.7. The first-order valence-electron chi connectivity index (χ1n) is 18.6. The van der Waals surface area contributed by atoms with Crippen LogP contribution in [0.15, 0.2) is 115 Å². The number of nitrogens with one attached hydrogen (secondary N) is 4. The molecule has 1 aliphatic heterocycles. The van der Waals surface area contributed by atoms with Gasteiger partial charge in [-0.15, -0.1) is 0 Å². The van der Waals surface area contributed by atoms with Crippen LogP contribution in [0.5, 0.6) is 5.75 Å². The van der Waals surface area contributed by atoms with Gasteiger partial charge in [-0.05, 0) is 91.5 Å². The second kappa shape index (κ2) is 19.0. The Labute approximate surface area is 321 Å². The maximum absolute atomic E-state index is 15.5. The quantitative estimate of drug-likeness (QED) is 0.0556. The van der Waals surface area contributed by atoms with Gasteiger partial charge in [-0.1, -0.05) is 63.3 Å². The van der Waals surface area contributed by atoms with Crippen LogP contribution in [0.4, 0.5) is 14.5 Å². The van der Waals surface area contributed by atoms with Crippen molar-refractivity contribution in [1.82, 2.24) is 5.32 Å². The monoisotopic (exact) mass is 746 g/mol. The molecule has 0 bridgehead atoms. The number of aliphatic imine (C=N–C) groups is 1. The molecule has 286 valence electrons. The standard InChI is InChI=1S/C44H48F2N6O3/c1-4-28-23-30(19-20-32(28)39(53)24-37(49)27(3)25-51-44(54)36(48)17-11-10-13-29(47)5-2)52-38-18-12-16-34-35(26-50-43(34)38)33-21-22-40(42(46)41(33)45)55-31-14-8-6-7-9-15-31/h5-9,12,14-16,18-23,26-27,31,34,36,47,49,52H,2,4,10-11,13,17,24-25,48H2,1,3H3,(H,51,54)/t27-,34?,36-/m0/s1. The Balaban J connectivity index is 1.15. The summed E-state index contributed by atoms with van der Waals surface area (Å²) in [6, 6.07) is 7.70. The van der Waals surface area contributed by atoms with E-state index in [1.807, 2.05) is 43.4 Å². The lowest BCUT2D eigenvalue weighted by Crippen LogP contribution is -2.43. The fourth-order valence-electron chi connectivity index (χ4n) is 6.44. The van der Waals surface area contributed by atoms with Crippen LogP contribution < -0.4 is 21.1 Å². The van der Waals surface area contributed by atoms with Crippen LogP contribution in [0.25, 0.3) is 5.57 Å². The van der Waals surface area contributed by atoms with Crippen molar-refractivity contribution >= 4 is 40.1 Å². The average Bonchev–Trinajstić information content (AvgIpc) is 3.45. The van der Waals surface area contributed by atoms with Gasteiger partial charge in [0.1, 0.15) is 6.10 Å². The number of hydrogen-bond acceptors (Lipinski definition) is 8. The Morgan fingerprint density at radius 1 is 1.04 bits per heavy atom. The highest BCUT2D eigenvalue weighted by Gasteiger charge is 2.31. The molecule has 6 N–H and O–H groups in total. The molecule has 2 aliphatic carbocycles. The number of halogens is 2. The highest BCUT2D eigenvalue weighted by Crippen LogP contribution is 2.38. The maximum atomic E-state index is 15.5. The largest absolute Gasteiger partial charge is 0.479 e. The smallest absolute Gasteiger partial charge is 0.236 e. The van der Waals surface area contributed by atoms with Gasteiger partial charge in [-0.25, -0.2) is 4.39 Å². The minimum atomic E-state index is -1.07. The molecule has 0 aromatic heterocycles. The molecule has 1 heterocycles. The van der Waals surface area contributed by atoms with Gasteiger partial charge in [-0.2, -0.15) is 4.39 Å². The van der Waals surface area contributed by atoms with Gasteiger partial charge < -0.3 is 31.9 Å². The lowest BCUT2D eigenvalue weighted by molar-refractivity contribution is -0.122. The van der Waals surface area contributed by atoms with Crippen molar-refractivity contribution < 1.29 is 23.1 Å². The van der Waals surface area contributed by atoms with Crippen LogP contribution in [-0.2, 0) is 11.2 Å². The van der Waals surface area contributed by atoms with E-state index in [4.69, 9.17) is 21.3 Å². The molecule has 0 saturated carbocycles. The van der Waals surface area contributed by atoms with Crippen LogP contribution in [-0.4, -0.2) is 47.5 Å². The van der Waals surface area contributed by atoms with E-state index in [1.165, 1.54) is 18.2 Å². The Bertz CT molecular complexity index is 2040. The molecule has 0 spiro atoms. The van der Waals surface area contributed by atoms with Crippen molar-refractivity contribution in [2.75, 3.05) is 11.9 Å². The van der Waals surface area contributed by atoms with Crippen LogP contribution in [0.2, 0.25) is 0 Å². The number of benzene rings is 2. The number of carbonyl (C=O) groups is 2. The van der Waals surface area contributed by atoms with Gasteiger partial charge in [0.05, 0.1) is 17.5 Å². The van der Waals surface area contributed by atoms with Crippen molar-refractivity contribution in [3.05, 3.63) is 138 Å². The van der Waals surface area contributed by atoms with Crippen molar-refractivity contribution in [1.29, 1.82) is 10.8 Å². The van der Waals surface area contributed by atoms with E-state index >= 15 is 8.78 Å². The van der Waals surface area contributed by atoms with Gasteiger partial charge in [0, 0.05) is 59.2 Å². The SMILES string of the molecule is C=CC(=N)CCCC[C@H](N)C(=O)NC[C@H](C)C(=N)CC(=O)c1ccc(NC2=CC=CC3C(c4ccc(OC5C=CC=CC=C5)c(F)c4F)=CN=C23)cc1CC. The molecule has 2 aromatic rings. The van der Waals surface area contributed by atoms with Crippen molar-refractivity contribution in [2.45, 2.75) is 64.5 Å².